The highest BCUT2D eigenvalue weighted by Crippen LogP contribution is 2.36. The smallest absolute Gasteiger partial charge is 0.370 e. The van der Waals surface area contributed by atoms with E-state index in [4.69, 9.17) is 5.26 Å². The van der Waals surface area contributed by atoms with E-state index in [0.29, 0.717) is 23.1 Å². The third-order valence-corrected chi connectivity index (χ3v) is 3.58. The van der Waals surface area contributed by atoms with E-state index < -0.39 is 12.1 Å². The zero-order valence-electron chi connectivity index (χ0n) is 10.7. The van der Waals surface area contributed by atoms with Crippen molar-refractivity contribution >= 4 is 12.0 Å². The van der Waals surface area contributed by atoms with Gasteiger partial charge in [0.15, 0.2) is 0 Å². The van der Waals surface area contributed by atoms with Gasteiger partial charge in [-0.05, 0) is 31.0 Å². The molecule has 0 atom stereocenters. The van der Waals surface area contributed by atoms with Crippen LogP contribution in [0.2, 0.25) is 0 Å². The summed E-state index contributed by atoms with van der Waals surface area (Å²) in [6, 6.07) is 6.63. The van der Waals surface area contributed by atoms with Gasteiger partial charge >= 0.3 is 6.18 Å². The van der Waals surface area contributed by atoms with Crippen LogP contribution >= 0.6 is 0 Å². The Balaban J connectivity index is 2.15. The van der Waals surface area contributed by atoms with Gasteiger partial charge < -0.3 is 4.90 Å². The van der Waals surface area contributed by atoms with Crippen LogP contribution < -0.4 is 4.90 Å². The Kier molecular flexibility index (Phi) is 3.98. The minimum Gasteiger partial charge on any atom is -0.370 e. The van der Waals surface area contributed by atoms with Crippen LogP contribution in [0.3, 0.4) is 0 Å². The topological polar surface area (TPSA) is 44.1 Å². The lowest BCUT2D eigenvalue weighted by Crippen LogP contribution is -2.39. The standard InChI is InChI=1S/C14H13F3N2O/c15-14(16,17)12-3-5-19(6-4-12)13-2-1-10(9-20)7-11(13)8-18/h1-2,7,9,12H,3-6H2. The van der Waals surface area contributed by atoms with E-state index in [1.54, 1.807) is 17.0 Å². The Hall–Kier alpha value is -2.03. The van der Waals surface area contributed by atoms with Gasteiger partial charge in [-0.3, -0.25) is 4.79 Å². The third-order valence-electron chi connectivity index (χ3n) is 3.58. The molecular weight excluding hydrogens is 269 g/mol. The highest BCUT2D eigenvalue weighted by atomic mass is 19.4. The second-order valence-corrected chi connectivity index (χ2v) is 4.81. The Bertz CT molecular complexity index is 540. The average Bonchev–Trinajstić information content (AvgIpc) is 2.45. The predicted molar refractivity (Wildman–Crippen MR) is 67.5 cm³/mol. The fourth-order valence-corrected chi connectivity index (χ4v) is 2.44. The van der Waals surface area contributed by atoms with Gasteiger partial charge in [0.25, 0.3) is 0 Å². The minimum atomic E-state index is -4.15. The van der Waals surface area contributed by atoms with E-state index >= 15 is 0 Å². The Morgan fingerprint density at radius 1 is 1.30 bits per heavy atom. The van der Waals surface area contributed by atoms with E-state index in [9.17, 15) is 18.0 Å². The SMILES string of the molecule is N#Cc1cc(C=O)ccc1N1CCC(C(F)(F)F)CC1. The van der Waals surface area contributed by atoms with Gasteiger partial charge in [0.2, 0.25) is 0 Å². The summed E-state index contributed by atoms with van der Waals surface area (Å²) < 4.78 is 37.8. The molecule has 1 fully saturated rings. The number of rotatable bonds is 2. The minimum absolute atomic E-state index is 0.0315. The van der Waals surface area contributed by atoms with Crippen LogP contribution in [-0.2, 0) is 0 Å². The van der Waals surface area contributed by atoms with Crippen molar-refractivity contribution in [3.8, 4) is 6.07 Å². The number of alkyl halides is 3. The number of hydrogen-bond acceptors (Lipinski definition) is 3. The number of nitriles is 1. The van der Waals surface area contributed by atoms with Crippen LogP contribution in [0.5, 0.6) is 0 Å². The molecule has 1 aliphatic rings. The lowest BCUT2D eigenvalue weighted by Gasteiger charge is -2.34. The van der Waals surface area contributed by atoms with Crippen LogP contribution in [0.25, 0.3) is 0 Å². The normalized spacial score (nSPS) is 16.8. The highest BCUT2D eigenvalue weighted by molar-refractivity contribution is 5.78. The molecule has 0 spiro atoms. The molecular formula is C14H13F3N2O. The number of carbonyl (C=O) groups excluding carboxylic acids is 1. The monoisotopic (exact) mass is 282 g/mol. The number of carbonyl (C=O) groups is 1. The van der Waals surface area contributed by atoms with E-state index in [-0.39, 0.29) is 25.9 Å². The Morgan fingerprint density at radius 2 is 1.95 bits per heavy atom. The van der Waals surface area contributed by atoms with Crippen LogP contribution in [0.15, 0.2) is 18.2 Å². The molecule has 1 heterocycles. The molecule has 1 aromatic carbocycles. The first-order valence-electron chi connectivity index (χ1n) is 6.26. The third kappa shape index (κ3) is 2.93. The van der Waals surface area contributed by atoms with Crippen LogP contribution in [0.4, 0.5) is 18.9 Å². The van der Waals surface area contributed by atoms with Crippen molar-refractivity contribution < 1.29 is 18.0 Å². The number of nitrogens with zero attached hydrogens (tertiary/aromatic N) is 2. The summed E-state index contributed by atoms with van der Waals surface area (Å²) >= 11 is 0. The lowest BCUT2D eigenvalue weighted by molar-refractivity contribution is -0.179. The van der Waals surface area contributed by atoms with Crippen molar-refractivity contribution in [2.75, 3.05) is 18.0 Å². The van der Waals surface area contributed by atoms with E-state index in [1.807, 2.05) is 6.07 Å². The fraction of sp³-hybridized carbons (Fsp3) is 0.429. The van der Waals surface area contributed by atoms with Crippen LogP contribution in [0.1, 0.15) is 28.8 Å². The van der Waals surface area contributed by atoms with Gasteiger partial charge in [-0.15, -0.1) is 0 Å². The maximum Gasteiger partial charge on any atom is 0.391 e. The number of aldehydes is 1. The van der Waals surface area contributed by atoms with Crippen molar-refractivity contribution in [3.05, 3.63) is 29.3 Å². The van der Waals surface area contributed by atoms with Crippen LogP contribution in [0, 0.1) is 17.2 Å². The summed E-state index contributed by atoms with van der Waals surface area (Å²) in [5.74, 6) is -1.27. The molecule has 0 aliphatic carbocycles. The molecule has 0 N–H and O–H groups in total. The summed E-state index contributed by atoms with van der Waals surface area (Å²) in [7, 11) is 0. The van der Waals surface area contributed by atoms with Crippen molar-refractivity contribution in [3.63, 3.8) is 0 Å². The molecule has 1 saturated heterocycles. The first-order chi connectivity index (χ1) is 9.45. The molecule has 1 aliphatic heterocycles. The van der Waals surface area contributed by atoms with Crippen molar-refractivity contribution in [1.82, 2.24) is 0 Å². The van der Waals surface area contributed by atoms with E-state index in [0.717, 1.165) is 0 Å². The van der Waals surface area contributed by atoms with Gasteiger partial charge in [0, 0.05) is 18.7 Å². The quantitative estimate of drug-likeness (QED) is 0.783. The second kappa shape index (κ2) is 5.53. The molecule has 0 amide bonds. The first kappa shape index (κ1) is 14.4. The summed E-state index contributed by atoms with van der Waals surface area (Å²) in [5.41, 5.74) is 1.30. The number of benzene rings is 1. The average molecular weight is 282 g/mol. The zero-order valence-corrected chi connectivity index (χ0v) is 10.7. The van der Waals surface area contributed by atoms with Crippen molar-refractivity contribution in [2.24, 2.45) is 5.92 Å². The molecule has 20 heavy (non-hydrogen) atoms. The summed E-state index contributed by atoms with van der Waals surface area (Å²) in [6.07, 6.45) is -3.44. The molecule has 6 heteroatoms. The van der Waals surface area contributed by atoms with Gasteiger partial charge in [0.05, 0.1) is 17.2 Å². The molecule has 0 unspecified atom stereocenters. The molecule has 0 radical (unpaired) electrons. The maximum absolute atomic E-state index is 12.6. The number of halogens is 3. The summed E-state index contributed by atoms with van der Waals surface area (Å²) in [4.78, 5) is 12.4. The van der Waals surface area contributed by atoms with Gasteiger partial charge in [-0.25, -0.2) is 0 Å². The van der Waals surface area contributed by atoms with E-state index in [1.165, 1.54) is 6.07 Å². The Morgan fingerprint density at radius 3 is 2.45 bits per heavy atom. The Labute approximate surface area is 114 Å². The summed E-state index contributed by atoms with van der Waals surface area (Å²) in [5, 5.41) is 9.08. The zero-order chi connectivity index (χ0) is 14.8. The highest BCUT2D eigenvalue weighted by Gasteiger charge is 2.41. The second-order valence-electron chi connectivity index (χ2n) is 4.81. The van der Waals surface area contributed by atoms with Crippen molar-refractivity contribution in [1.29, 1.82) is 5.26 Å². The lowest BCUT2D eigenvalue weighted by atomic mass is 9.95. The van der Waals surface area contributed by atoms with Crippen molar-refractivity contribution in [2.45, 2.75) is 19.0 Å². The molecule has 0 bridgehead atoms. The van der Waals surface area contributed by atoms with Gasteiger partial charge in [-0.2, -0.15) is 18.4 Å². The molecule has 106 valence electrons. The molecule has 3 nitrogen and oxygen atoms in total. The molecule has 0 aromatic heterocycles. The number of piperidine rings is 1. The first-order valence-corrected chi connectivity index (χ1v) is 6.26. The molecule has 1 aromatic rings. The number of hydrogen-bond donors (Lipinski definition) is 0. The van der Waals surface area contributed by atoms with Gasteiger partial charge in [-0.1, -0.05) is 0 Å². The molecule has 2 rings (SSSR count). The van der Waals surface area contributed by atoms with E-state index in [2.05, 4.69) is 0 Å². The fourth-order valence-electron chi connectivity index (χ4n) is 2.44. The van der Waals surface area contributed by atoms with Gasteiger partial charge in [0.1, 0.15) is 12.4 Å². The number of anilines is 1. The molecule has 0 saturated carbocycles. The largest absolute Gasteiger partial charge is 0.391 e. The summed E-state index contributed by atoms with van der Waals surface area (Å²) in [6.45, 7) is 0.526. The maximum atomic E-state index is 12.6. The predicted octanol–water partition coefficient (Wildman–Crippen LogP) is 3.15. The van der Waals surface area contributed by atoms with Crippen LogP contribution in [-0.4, -0.2) is 25.6 Å².